The van der Waals surface area contributed by atoms with Crippen molar-refractivity contribution >= 4 is 27.6 Å². The number of rotatable bonds is 3. The average molecular weight is 344 g/mol. The van der Waals surface area contributed by atoms with Crippen LogP contribution in [0, 0.1) is 0 Å². The van der Waals surface area contributed by atoms with Gasteiger partial charge in [0.1, 0.15) is 0 Å². The number of benzene rings is 2. The molecule has 1 saturated heterocycles. The van der Waals surface area contributed by atoms with Crippen LogP contribution < -0.4 is 0 Å². The summed E-state index contributed by atoms with van der Waals surface area (Å²) in [6.45, 7) is 1.55. The zero-order valence-electron chi connectivity index (χ0n) is 11.4. The SMILES string of the molecule is O=C(c1ccc(Br)cc1)c1ccccc1C(=O)N1CCC1. The Morgan fingerprint density at radius 1 is 0.905 bits per heavy atom. The maximum absolute atomic E-state index is 12.6. The lowest BCUT2D eigenvalue weighted by Crippen LogP contribution is -2.42. The molecule has 0 saturated carbocycles. The molecule has 0 aromatic heterocycles. The molecule has 2 aromatic rings. The van der Waals surface area contributed by atoms with Crippen molar-refractivity contribution in [1.29, 1.82) is 0 Å². The van der Waals surface area contributed by atoms with Crippen LogP contribution >= 0.6 is 15.9 Å². The molecule has 3 rings (SSSR count). The second-order valence-electron chi connectivity index (χ2n) is 5.03. The van der Waals surface area contributed by atoms with E-state index in [0.29, 0.717) is 16.7 Å². The molecular weight excluding hydrogens is 330 g/mol. The minimum atomic E-state index is -0.119. The van der Waals surface area contributed by atoms with Crippen LogP contribution in [0.5, 0.6) is 0 Å². The molecule has 0 unspecified atom stereocenters. The lowest BCUT2D eigenvalue weighted by Gasteiger charge is -2.31. The van der Waals surface area contributed by atoms with E-state index in [2.05, 4.69) is 15.9 Å². The highest BCUT2D eigenvalue weighted by Crippen LogP contribution is 2.20. The second kappa shape index (κ2) is 5.82. The first-order valence-corrected chi connectivity index (χ1v) is 7.65. The highest BCUT2D eigenvalue weighted by Gasteiger charge is 2.25. The van der Waals surface area contributed by atoms with Gasteiger partial charge in [0.2, 0.25) is 0 Å². The smallest absolute Gasteiger partial charge is 0.254 e. The van der Waals surface area contributed by atoms with Crippen molar-refractivity contribution in [3.8, 4) is 0 Å². The summed E-state index contributed by atoms with van der Waals surface area (Å²) in [4.78, 5) is 26.8. The van der Waals surface area contributed by atoms with Gasteiger partial charge in [0, 0.05) is 28.7 Å². The van der Waals surface area contributed by atoms with Crippen LogP contribution in [-0.4, -0.2) is 29.7 Å². The summed E-state index contributed by atoms with van der Waals surface area (Å²) in [7, 11) is 0. The van der Waals surface area contributed by atoms with Crippen molar-refractivity contribution in [2.75, 3.05) is 13.1 Å². The minimum Gasteiger partial charge on any atom is -0.338 e. The van der Waals surface area contributed by atoms with Crippen molar-refractivity contribution < 1.29 is 9.59 Å². The fourth-order valence-electron chi connectivity index (χ4n) is 2.31. The third-order valence-corrected chi connectivity index (χ3v) is 4.18. The average Bonchev–Trinajstić information content (AvgIpc) is 2.45. The van der Waals surface area contributed by atoms with Crippen LogP contribution in [-0.2, 0) is 0 Å². The maximum Gasteiger partial charge on any atom is 0.254 e. The van der Waals surface area contributed by atoms with Crippen molar-refractivity contribution in [2.24, 2.45) is 0 Å². The van der Waals surface area contributed by atoms with E-state index < -0.39 is 0 Å². The lowest BCUT2D eigenvalue weighted by molar-refractivity contribution is 0.0648. The fourth-order valence-corrected chi connectivity index (χ4v) is 2.58. The largest absolute Gasteiger partial charge is 0.338 e. The van der Waals surface area contributed by atoms with E-state index in [1.807, 2.05) is 12.1 Å². The number of amides is 1. The predicted octanol–water partition coefficient (Wildman–Crippen LogP) is 3.53. The van der Waals surface area contributed by atoms with Gasteiger partial charge in [-0.05, 0) is 36.8 Å². The topological polar surface area (TPSA) is 37.4 Å². The number of carbonyl (C=O) groups excluding carboxylic acids is 2. The van der Waals surface area contributed by atoms with Gasteiger partial charge in [-0.2, -0.15) is 0 Å². The number of halogens is 1. The molecule has 1 aliphatic rings. The summed E-state index contributed by atoms with van der Waals surface area (Å²) in [6.07, 6.45) is 1.04. The molecule has 0 aliphatic carbocycles. The maximum atomic E-state index is 12.6. The number of likely N-dealkylation sites (tertiary alicyclic amines) is 1. The third kappa shape index (κ3) is 2.76. The number of nitrogens with zero attached hydrogens (tertiary/aromatic N) is 1. The Hall–Kier alpha value is -1.94. The Morgan fingerprint density at radius 3 is 2.10 bits per heavy atom. The van der Waals surface area contributed by atoms with E-state index in [4.69, 9.17) is 0 Å². The molecule has 0 radical (unpaired) electrons. The van der Waals surface area contributed by atoms with Gasteiger partial charge in [0.15, 0.2) is 5.78 Å². The van der Waals surface area contributed by atoms with Crippen LogP contribution in [0.4, 0.5) is 0 Å². The highest BCUT2D eigenvalue weighted by molar-refractivity contribution is 9.10. The van der Waals surface area contributed by atoms with E-state index in [9.17, 15) is 9.59 Å². The molecule has 1 fully saturated rings. The van der Waals surface area contributed by atoms with Gasteiger partial charge in [0.25, 0.3) is 5.91 Å². The molecule has 2 aromatic carbocycles. The van der Waals surface area contributed by atoms with Gasteiger partial charge < -0.3 is 4.90 Å². The van der Waals surface area contributed by atoms with Crippen molar-refractivity contribution in [1.82, 2.24) is 4.90 Å². The van der Waals surface area contributed by atoms with Gasteiger partial charge in [0.05, 0.1) is 5.56 Å². The Morgan fingerprint density at radius 2 is 1.52 bits per heavy atom. The summed E-state index contributed by atoms with van der Waals surface area (Å²) in [5.41, 5.74) is 1.55. The Labute approximate surface area is 131 Å². The molecular formula is C17H14BrNO2. The Balaban J connectivity index is 1.96. The van der Waals surface area contributed by atoms with Crippen molar-refractivity contribution in [3.05, 3.63) is 69.7 Å². The quantitative estimate of drug-likeness (QED) is 0.799. The first-order chi connectivity index (χ1) is 10.2. The second-order valence-corrected chi connectivity index (χ2v) is 5.94. The minimum absolute atomic E-state index is 0.0534. The zero-order chi connectivity index (χ0) is 14.8. The normalized spacial score (nSPS) is 13.7. The molecule has 106 valence electrons. The summed E-state index contributed by atoms with van der Waals surface area (Å²) in [5, 5.41) is 0. The molecule has 0 N–H and O–H groups in total. The van der Waals surface area contributed by atoms with Crippen molar-refractivity contribution in [3.63, 3.8) is 0 Å². The molecule has 3 nitrogen and oxygen atoms in total. The Kier molecular flexibility index (Phi) is 3.88. The van der Waals surface area contributed by atoms with Gasteiger partial charge in [-0.25, -0.2) is 0 Å². The predicted molar refractivity (Wildman–Crippen MR) is 84.5 cm³/mol. The molecule has 1 heterocycles. The van der Waals surface area contributed by atoms with Gasteiger partial charge in [-0.15, -0.1) is 0 Å². The number of hydrogen-bond donors (Lipinski definition) is 0. The van der Waals surface area contributed by atoms with E-state index in [-0.39, 0.29) is 11.7 Å². The van der Waals surface area contributed by atoms with Gasteiger partial charge in [-0.1, -0.05) is 34.1 Å². The van der Waals surface area contributed by atoms with E-state index in [0.717, 1.165) is 24.0 Å². The van der Waals surface area contributed by atoms with E-state index in [1.165, 1.54) is 0 Å². The molecule has 0 bridgehead atoms. The molecule has 0 atom stereocenters. The van der Waals surface area contributed by atoms with Crippen LogP contribution in [0.3, 0.4) is 0 Å². The summed E-state index contributed by atoms with van der Waals surface area (Å²) in [5.74, 6) is -0.172. The van der Waals surface area contributed by atoms with Gasteiger partial charge >= 0.3 is 0 Å². The number of carbonyl (C=O) groups is 2. The van der Waals surface area contributed by atoms with Crippen LogP contribution in [0.2, 0.25) is 0 Å². The van der Waals surface area contributed by atoms with Gasteiger partial charge in [-0.3, -0.25) is 9.59 Å². The number of ketones is 1. The monoisotopic (exact) mass is 343 g/mol. The van der Waals surface area contributed by atoms with Crippen molar-refractivity contribution in [2.45, 2.75) is 6.42 Å². The first-order valence-electron chi connectivity index (χ1n) is 6.85. The van der Waals surface area contributed by atoms with E-state index >= 15 is 0 Å². The van der Waals surface area contributed by atoms with Crippen LogP contribution in [0.1, 0.15) is 32.7 Å². The molecule has 1 aliphatic heterocycles. The molecule has 1 amide bonds. The summed E-state index contributed by atoms with van der Waals surface area (Å²) >= 11 is 3.35. The highest BCUT2D eigenvalue weighted by atomic mass is 79.9. The standard InChI is InChI=1S/C17H14BrNO2/c18-13-8-6-12(7-9-13)16(20)14-4-1-2-5-15(14)17(21)19-10-3-11-19/h1-2,4-9H,3,10-11H2. The van der Waals surface area contributed by atoms with E-state index in [1.54, 1.807) is 41.3 Å². The summed E-state index contributed by atoms with van der Waals surface area (Å²) < 4.78 is 0.920. The van der Waals surface area contributed by atoms with Crippen LogP contribution in [0.25, 0.3) is 0 Å². The number of hydrogen-bond acceptors (Lipinski definition) is 2. The zero-order valence-corrected chi connectivity index (χ0v) is 13.0. The first kappa shape index (κ1) is 14.0. The third-order valence-electron chi connectivity index (χ3n) is 3.65. The molecule has 4 heteroatoms. The fraction of sp³-hybridized carbons (Fsp3) is 0.176. The lowest BCUT2D eigenvalue weighted by atomic mass is 9.97. The van der Waals surface area contributed by atoms with Crippen LogP contribution in [0.15, 0.2) is 53.0 Å². The molecule has 0 spiro atoms. The molecule has 21 heavy (non-hydrogen) atoms. The summed E-state index contributed by atoms with van der Waals surface area (Å²) in [6, 6.07) is 14.2. The Bertz CT molecular complexity index is 690.